The standard InChI is InChI=1S/C23H29N3O5S3/c1-5-25(6-2)15-16-26(22(27)17-11-8-9-13-19(17)34(30,31)7-3)23-24-21-18(32-23)12-10-14-20(21)33(4,28)29/h8-14H,5-7,15-16H2,1-4H3. The van der Waals surface area contributed by atoms with Gasteiger partial charge >= 0.3 is 0 Å². The van der Waals surface area contributed by atoms with Crippen LogP contribution in [-0.4, -0.2) is 70.8 Å². The highest BCUT2D eigenvalue weighted by molar-refractivity contribution is 7.91. The number of rotatable bonds is 10. The van der Waals surface area contributed by atoms with Gasteiger partial charge in [-0.05, 0) is 37.4 Å². The van der Waals surface area contributed by atoms with Gasteiger partial charge in [0.15, 0.2) is 24.8 Å². The van der Waals surface area contributed by atoms with Gasteiger partial charge in [0, 0.05) is 19.3 Å². The van der Waals surface area contributed by atoms with Gasteiger partial charge in [-0.2, -0.15) is 0 Å². The topological polar surface area (TPSA) is 105 Å². The number of sulfone groups is 2. The van der Waals surface area contributed by atoms with E-state index in [-0.39, 0.29) is 27.7 Å². The quantitative estimate of drug-likeness (QED) is 0.401. The van der Waals surface area contributed by atoms with E-state index in [0.29, 0.717) is 21.9 Å². The van der Waals surface area contributed by atoms with Gasteiger partial charge in [0.1, 0.15) is 5.52 Å². The van der Waals surface area contributed by atoms with Gasteiger partial charge in [-0.25, -0.2) is 21.8 Å². The van der Waals surface area contributed by atoms with E-state index in [1.54, 1.807) is 24.3 Å². The Morgan fingerprint density at radius 2 is 1.56 bits per heavy atom. The SMILES string of the molecule is CCN(CC)CCN(C(=O)c1ccccc1S(=O)(=O)CC)c1nc2c(S(C)(=O)=O)cccc2s1. The van der Waals surface area contributed by atoms with Gasteiger partial charge in [0.25, 0.3) is 5.91 Å². The third-order valence-electron chi connectivity index (χ3n) is 5.61. The molecule has 0 atom stereocenters. The van der Waals surface area contributed by atoms with Crippen molar-refractivity contribution in [3.8, 4) is 0 Å². The zero-order chi connectivity index (χ0) is 25.1. The maximum atomic E-state index is 13.8. The van der Waals surface area contributed by atoms with Gasteiger partial charge in [0.2, 0.25) is 0 Å². The highest BCUT2D eigenvalue weighted by Crippen LogP contribution is 2.34. The number of hydrogen-bond acceptors (Lipinski definition) is 8. The average molecular weight is 524 g/mol. The summed E-state index contributed by atoms with van der Waals surface area (Å²) < 4.78 is 50.5. The first-order valence-electron chi connectivity index (χ1n) is 11.0. The van der Waals surface area contributed by atoms with E-state index in [1.165, 1.54) is 41.4 Å². The predicted molar refractivity (Wildman–Crippen MR) is 136 cm³/mol. The maximum Gasteiger partial charge on any atom is 0.261 e. The monoisotopic (exact) mass is 523 g/mol. The lowest BCUT2D eigenvalue weighted by Gasteiger charge is -2.25. The molecule has 184 valence electrons. The Balaban J connectivity index is 2.15. The second kappa shape index (κ2) is 10.5. The van der Waals surface area contributed by atoms with Crippen LogP contribution in [0.5, 0.6) is 0 Å². The van der Waals surface area contributed by atoms with Crippen LogP contribution in [0.1, 0.15) is 31.1 Å². The van der Waals surface area contributed by atoms with Gasteiger partial charge < -0.3 is 4.90 Å². The summed E-state index contributed by atoms with van der Waals surface area (Å²) in [5, 5.41) is 0.326. The first-order valence-corrected chi connectivity index (χ1v) is 15.3. The fourth-order valence-electron chi connectivity index (χ4n) is 3.61. The molecule has 0 radical (unpaired) electrons. The largest absolute Gasteiger partial charge is 0.302 e. The number of para-hydroxylation sites is 1. The average Bonchev–Trinajstić information content (AvgIpc) is 3.24. The van der Waals surface area contributed by atoms with E-state index in [0.717, 1.165) is 19.3 Å². The molecular weight excluding hydrogens is 494 g/mol. The highest BCUT2D eigenvalue weighted by atomic mass is 32.2. The Morgan fingerprint density at radius 1 is 0.912 bits per heavy atom. The van der Waals surface area contributed by atoms with Gasteiger partial charge in [-0.1, -0.05) is 50.3 Å². The van der Waals surface area contributed by atoms with Gasteiger partial charge in [-0.15, -0.1) is 0 Å². The van der Waals surface area contributed by atoms with Crippen LogP contribution in [0.3, 0.4) is 0 Å². The van der Waals surface area contributed by atoms with Crippen molar-refractivity contribution in [3.05, 3.63) is 48.0 Å². The van der Waals surface area contributed by atoms with Crippen molar-refractivity contribution in [2.24, 2.45) is 0 Å². The number of carbonyl (C=O) groups is 1. The van der Waals surface area contributed by atoms with E-state index in [1.807, 2.05) is 13.8 Å². The van der Waals surface area contributed by atoms with Crippen LogP contribution >= 0.6 is 11.3 Å². The zero-order valence-corrected chi connectivity index (χ0v) is 22.1. The first-order chi connectivity index (χ1) is 16.0. The molecule has 0 aliphatic rings. The first kappa shape index (κ1) is 26.3. The van der Waals surface area contributed by atoms with E-state index >= 15 is 0 Å². The lowest BCUT2D eigenvalue weighted by atomic mass is 10.2. The van der Waals surface area contributed by atoms with Crippen molar-refractivity contribution in [1.29, 1.82) is 0 Å². The minimum absolute atomic E-state index is 0.0201. The molecule has 0 unspecified atom stereocenters. The number of thiazole rings is 1. The molecule has 0 saturated carbocycles. The summed E-state index contributed by atoms with van der Waals surface area (Å²) in [6, 6.07) is 11.1. The molecule has 3 rings (SSSR count). The second-order valence-electron chi connectivity index (χ2n) is 7.75. The van der Waals surface area contributed by atoms with Crippen LogP contribution in [0.4, 0.5) is 5.13 Å². The van der Waals surface area contributed by atoms with Crippen LogP contribution < -0.4 is 4.90 Å². The van der Waals surface area contributed by atoms with E-state index in [9.17, 15) is 21.6 Å². The van der Waals surface area contributed by atoms with Crippen molar-refractivity contribution in [2.75, 3.05) is 43.1 Å². The van der Waals surface area contributed by atoms with Crippen molar-refractivity contribution < 1.29 is 21.6 Å². The fraction of sp³-hybridized carbons (Fsp3) is 0.391. The molecule has 0 aliphatic heterocycles. The number of likely N-dealkylation sites (N-methyl/N-ethyl adjacent to an activating group) is 1. The summed E-state index contributed by atoms with van der Waals surface area (Å²) in [5.41, 5.74) is 0.381. The van der Waals surface area contributed by atoms with E-state index in [4.69, 9.17) is 0 Å². The minimum Gasteiger partial charge on any atom is -0.302 e. The second-order valence-corrected chi connectivity index (χ2v) is 13.0. The number of aromatic nitrogens is 1. The molecule has 2 aromatic carbocycles. The normalized spacial score (nSPS) is 12.4. The molecule has 3 aromatic rings. The smallest absolute Gasteiger partial charge is 0.261 e. The maximum absolute atomic E-state index is 13.8. The summed E-state index contributed by atoms with van der Waals surface area (Å²) in [5.74, 6) is -0.616. The summed E-state index contributed by atoms with van der Waals surface area (Å²) in [4.78, 5) is 22.0. The molecule has 0 saturated heterocycles. The summed E-state index contributed by atoms with van der Waals surface area (Å²) in [6.07, 6.45) is 1.12. The Hall–Kier alpha value is -2.34. The lowest BCUT2D eigenvalue weighted by Crippen LogP contribution is -2.39. The summed E-state index contributed by atoms with van der Waals surface area (Å²) in [6.45, 7) is 7.98. The summed E-state index contributed by atoms with van der Waals surface area (Å²) in [7, 11) is -7.16. The minimum atomic E-state index is -3.64. The van der Waals surface area contributed by atoms with E-state index < -0.39 is 25.6 Å². The molecule has 0 N–H and O–H groups in total. The van der Waals surface area contributed by atoms with Crippen molar-refractivity contribution in [2.45, 2.75) is 30.6 Å². The molecule has 1 amide bonds. The Bertz CT molecular complexity index is 1390. The van der Waals surface area contributed by atoms with E-state index in [2.05, 4.69) is 9.88 Å². The molecule has 0 fully saturated rings. The molecule has 34 heavy (non-hydrogen) atoms. The zero-order valence-electron chi connectivity index (χ0n) is 19.7. The van der Waals surface area contributed by atoms with Crippen LogP contribution in [0.25, 0.3) is 10.2 Å². The predicted octanol–water partition coefficient (Wildman–Crippen LogP) is 3.48. The molecule has 11 heteroatoms. The Kier molecular flexibility index (Phi) is 8.12. The molecule has 0 spiro atoms. The van der Waals surface area contributed by atoms with Crippen LogP contribution in [0.2, 0.25) is 0 Å². The number of fused-ring (bicyclic) bond motifs is 1. The number of nitrogens with zero attached hydrogens (tertiary/aromatic N) is 3. The third-order valence-corrected chi connectivity index (χ3v) is 9.57. The van der Waals surface area contributed by atoms with Gasteiger partial charge in [0.05, 0.1) is 25.8 Å². The summed E-state index contributed by atoms with van der Waals surface area (Å²) >= 11 is 1.21. The lowest BCUT2D eigenvalue weighted by molar-refractivity contribution is 0.0980. The molecule has 0 bridgehead atoms. The Labute approximate surface area is 205 Å². The highest BCUT2D eigenvalue weighted by Gasteiger charge is 2.28. The molecule has 0 aliphatic carbocycles. The Morgan fingerprint density at radius 3 is 2.18 bits per heavy atom. The van der Waals surface area contributed by atoms with Crippen LogP contribution in [0, 0.1) is 0 Å². The molecular formula is C23H29N3O5S3. The van der Waals surface area contributed by atoms with Crippen molar-refractivity contribution in [1.82, 2.24) is 9.88 Å². The number of carbonyl (C=O) groups excluding carboxylic acids is 1. The third kappa shape index (κ3) is 5.48. The number of anilines is 1. The van der Waals surface area contributed by atoms with Gasteiger partial charge in [-0.3, -0.25) is 9.69 Å². The van der Waals surface area contributed by atoms with Crippen molar-refractivity contribution >= 4 is 52.3 Å². The molecule has 1 heterocycles. The fourth-order valence-corrected chi connectivity index (χ4v) is 6.61. The molecule has 1 aromatic heterocycles. The number of amides is 1. The van der Waals surface area contributed by atoms with Crippen LogP contribution in [0.15, 0.2) is 52.3 Å². The number of benzene rings is 2. The van der Waals surface area contributed by atoms with Crippen molar-refractivity contribution in [3.63, 3.8) is 0 Å². The van der Waals surface area contributed by atoms with Crippen LogP contribution in [-0.2, 0) is 19.7 Å². The number of hydrogen-bond donors (Lipinski definition) is 0. The molecule has 8 nitrogen and oxygen atoms in total.